The molecule has 0 spiro atoms. The molecule has 4 heteroatoms. The molecule has 0 heterocycles. The van der Waals surface area contributed by atoms with Crippen molar-refractivity contribution in [1.82, 2.24) is 5.32 Å². The van der Waals surface area contributed by atoms with Gasteiger partial charge < -0.3 is 10.4 Å². The van der Waals surface area contributed by atoms with Crippen molar-refractivity contribution in [3.8, 4) is 0 Å². The number of amides is 1. The number of carboxylic acids is 1. The van der Waals surface area contributed by atoms with Crippen LogP contribution in [0.15, 0.2) is 0 Å². The van der Waals surface area contributed by atoms with Crippen molar-refractivity contribution < 1.29 is 14.7 Å². The molecule has 0 aliphatic heterocycles. The molecular formula is C16H27NO3. The number of nitrogens with one attached hydrogen (secondary N) is 1. The fourth-order valence-corrected chi connectivity index (χ4v) is 3.71. The average molecular weight is 281 g/mol. The third kappa shape index (κ3) is 3.97. The Morgan fingerprint density at radius 1 is 1.00 bits per heavy atom. The van der Waals surface area contributed by atoms with Gasteiger partial charge in [-0.25, -0.2) is 0 Å². The van der Waals surface area contributed by atoms with Gasteiger partial charge in [0.1, 0.15) is 0 Å². The van der Waals surface area contributed by atoms with E-state index < -0.39 is 5.97 Å². The van der Waals surface area contributed by atoms with Gasteiger partial charge in [-0.3, -0.25) is 9.59 Å². The highest BCUT2D eigenvalue weighted by Crippen LogP contribution is 2.32. The molecule has 0 saturated heterocycles. The quantitative estimate of drug-likeness (QED) is 0.779. The van der Waals surface area contributed by atoms with Crippen LogP contribution in [0.25, 0.3) is 0 Å². The van der Waals surface area contributed by atoms with Crippen molar-refractivity contribution in [1.29, 1.82) is 0 Å². The fraction of sp³-hybridized carbons (Fsp3) is 0.875. The molecule has 1 amide bonds. The molecular weight excluding hydrogens is 254 g/mol. The molecule has 2 rings (SSSR count). The molecule has 0 aromatic rings. The van der Waals surface area contributed by atoms with Crippen LogP contribution in [-0.2, 0) is 9.59 Å². The minimum absolute atomic E-state index is 0.0745. The van der Waals surface area contributed by atoms with Gasteiger partial charge in [0.25, 0.3) is 0 Å². The molecule has 2 aliphatic carbocycles. The van der Waals surface area contributed by atoms with E-state index in [0.29, 0.717) is 18.8 Å². The highest BCUT2D eigenvalue weighted by molar-refractivity contribution is 5.81. The van der Waals surface area contributed by atoms with Gasteiger partial charge in [0, 0.05) is 12.0 Å². The third-order valence-electron chi connectivity index (χ3n) is 5.13. The van der Waals surface area contributed by atoms with E-state index in [0.717, 1.165) is 6.42 Å². The standard InChI is InChI=1S/C16H27NO3/c1-11(12-6-4-2-3-5-7-12)17-15(18)13-8-9-14(10-13)16(19)20/h11-14H,2-10H2,1H3,(H,17,18)(H,19,20)/t11-,13?,14?/m1/s1. The van der Waals surface area contributed by atoms with E-state index in [1.165, 1.54) is 38.5 Å². The summed E-state index contributed by atoms with van der Waals surface area (Å²) >= 11 is 0. The van der Waals surface area contributed by atoms with Gasteiger partial charge in [-0.1, -0.05) is 25.7 Å². The minimum Gasteiger partial charge on any atom is -0.481 e. The molecule has 20 heavy (non-hydrogen) atoms. The van der Waals surface area contributed by atoms with Crippen LogP contribution in [-0.4, -0.2) is 23.0 Å². The first-order valence-corrected chi connectivity index (χ1v) is 8.11. The zero-order valence-electron chi connectivity index (χ0n) is 12.4. The molecule has 2 saturated carbocycles. The average Bonchev–Trinajstić information content (AvgIpc) is 2.75. The fourth-order valence-electron chi connectivity index (χ4n) is 3.71. The molecule has 114 valence electrons. The molecule has 2 unspecified atom stereocenters. The van der Waals surface area contributed by atoms with Crippen LogP contribution in [0.5, 0.6) is 0 Å². The van der Waals surface area contributed by atoms with E-state index in [1.54, 1.807) is 0 Å². The molecule has 0 aromatic carbocycles. The summed E-state index contributed by atoms with van der Waals surface area (Å²) in [5.41, 5.74) is 0. The summed E-state index contributed by atoms with van der Waals surface area (Å²) in [6.45, 7) is 2.11. The van der Waals surface area contributed by atoms with E-state index in [1.807, 2.05) is 0 Å². The van der Waals surface area contributed by atoms with Gasteiger partial charge >= 0.3 is 5.97 Å². The van der Waals surface area contributed by atoms with Crippen molar-refractivity contribution in [2.75, 3.05) is 0 Å². The van der Waals surface area contributed by atoms with Gasteiger partial charge in [0.05, 0.1) is 5.92 Å². The summed E-state index contributed by atoms with van der Waals surface area (Å²) in [5, 5.41) is 12.1. The summed E-state index contributed by atoms with van der Waals surface area (Å²) in [7, 11) is 0. The number of hydrogen-bond acceptors (Lipinski definition) is 2. The maximum absolute atomic E-state index is 12.2. The normalized spacial score (nSPS) is 29.6. The Morgan fingerprint density at radius 3 is 2.15 bits per heavy atom. The lowest BCUT2D eigenvalue weighted by Gasteiger charge is -2.25. The largest absolute Gasteiger partial charge is 0.481 e. The van der Waals surface area contributed by atoms with Crippen molar-refractivity contribution in [3.63, 3.8) is 0 Å². The number of carboxylic acid groups (broad SMARTS) is 1. The first-order chi connectivity index (χ1) is 9.58. The number of hydrogen-bond donors (Lipinski definition) is 2. The molecule has 2 fully saturated rings. The summed E-state index contributed by atoms with van der Waals surface area (Å²) < 4.78 is 0. The lowest BCUT2D eigenvalue weighted by molar-refractivity contribution is -0.141. The zero-order valence-corrected chi connectivity index (χ0v) is 12.4. The molecule has 3 atom stereocenters. The first kappa shape index (κ1) is 15.3. The molecule has 4 nitrogen and oxygen atoms in total. The van der Waals surface area contributed by atoms with Crippen LogP contribution in [0, 0.1) is 17.8 Å². The highest BCUT2D eigenvalue weighted by atomic mass is 16.4. The van der Waals surface area contributed by atoms with E-state index in [9.17, 15) is 9.59 Å². The number of aliphatic carboxylic acids is 1. The summed E-state index contributed by atoms with van der Waals surface area (Å²) in [6, 6.07) is 0.226. The van der Waals surface area contributed by atoms with Gasteiger partial charge in [-0.05, 0) is 44.9 Å². The molecule has 0 bridgehead atoms. The highest BCUT2D eigenvalue weighted by Gasteiger charge is 2.34. The Hall–Kier alpha value is -1.06. The molecule has 2 aliphatic rings. The van der Waals surface area contributed by atoms with Gasteiger partial charge in [0.15, 0.2) is 0 Å². The zero-order chi connectivity index (χ0) is 14.5. The number of rotatable bonds is 4. The summed E-state index contributed by atoms with van der Waals surface area (Å²) in [6.07, 6.45) is 9.49. The van der Waals surface area contributed by atoms with Gasteiger partial charge in [-0.2, -0.15) is 0 Å². The second-order valence-corrected chi connectivity index (χ2v) is 6.59. The van der Waals surface area contributed by atoms with Crippen LogP contribution >= 0.6 is 0 Å². The minimum atomic E-state index is -0.753. The van der Waals surface area contributed by atoms with Crippen molar-refractivity contribution in [3.05, 3.63) is 0 Å². The molecule has 0 radical (unpaired) electrons. The van der Waals surface area contributed by atoms with Crippen LogP contribution in [0.1, 0.15) is 64.7 Å². The monoisotopic (exact) mass is 281 g/mol. The number of carbonyl (C=O) groups excluding carboxylic acids is 1. The maximum Gasteiger partial charge on any atom is 0.306 e. The van der Waals surface area contributed by atoms with E-state index in [2.05, 4.69) is 12.2 Å². The van der Waals surface area contributed by atoms with Crippen LogP contribution in [0.2, 0.25) is 0 Å². The van der Waals surface area contributed by atoms with Gasteiger partial charge in [0.2, 0.25) is 5.91 Å². The second kappa shape index (κ2) is 7.09. The van der Waals surface area contributed by atoms with Gasteiger partial charge in [-0.15, -0.1) is 0 Å². The summed E-state index contributed by atoms with van der Waals surface area (Å²) in [4.78, 5) is 23.2. The Bertz CT molecular complexity index is 348. The van der Waals surface area contributed by atoms with Crippen molar-refractivity contribution >= 4 is 11.9 Å². The second-order valence-electron chi connectivity index (χ2n) is 6.59. The predicted octanol–water partition coefficient (Wildman–Crippen LogP) is 2.96. The van der Waals surface area contributed by atoms with E-state index >= 15 is 0 Å². The molecule has 2 N–H and O–H groups in total. The molecule has 0 aromatic heterocycles. The van der Waals surface area contributed by atoms with Crippen LogP contribution in [0.4, 0.5) is 0 Å². The lowest BCUT2D eigenvalue weighted by Crippen LogP contribution is -2.41. The van der Waals surface area contributed by atoms with Crippen LogP contribution in [0.3, 0.4) is 0 Å². The predicted molar refractivity (Wildman–Crippen MR) is 77.3 cm³/mol. The maximum atomic E-state index is 12.2. The smallest absolute Gasteiger partial charge is 0.306 e. The Morgan fingerprint density at radius 2 is 1.60 bits per heavy atom. The Balaban J connectivity index is 1.80. The third-order valence-corrected chi connectivity index (χ3v) is 5.13. The van der Waals surface area contributed by atoms with Crippen molar-refractivity contribution in [2.24, 2.45) is 17.8 Å². The Labute approximate surface area is 121 Å². The first-order valence-electron chi connectivity index (χ1n) is 8.11. The van der Waals surface area contributed by atoms with E-state index in [4.69, 9.17) is 5.11 Å². The van der Waals surface area contributed by atoms with E-state index in [-0.39, 0.29) is 23.8 Å². The SMILES string of the molecule is C[C@@H](NC(=O)C1CCC(C(=O)O)C1)C1CCCCCC1. The lowest BCUT2D eigenvalue weighted by atomic mass is 9.92. The summed E-state index contributed by atoms with van der Waals surface area (Å²) in [5.74, 6) is -0.496. The number of carbonyl (C=O) groups is 2. The van der Waals surface area contributed by atoms with Crippen LogP contribution < -0.4 is 5.32 Å². The topological polar surface area (TPSA) is 66.4 Å². The Kier molecular flexibility index (Phi) is 5.44. The van der Waals surface area contributed by atoms with Crippen molar-refractivity contribution in [2.45, 2.75) is 70.8 Å².